The summed E-state index contributed by atoms with van der Waals surface area (Å²) in [5.41, 5.74) is 5.67. The van der Waals surface area contributed by atoms with Gasteiger partial charge in [0, 0.05) is 29.2 Å². The molecule has 0 amide bonds. The predicted octanol–water partition coefficient (Wildman–Crippen LogP) is 3.76. The number of nitrogens with zero attached hydrogens (tertiary/aromatic N) is 1. The number of hydrogen-bond donors (Lipinski definition) is 2. The van der Waals surface area contributed by atoms with Gasteiger partial charge in [-0.2, -0.15) is 0 Å². The van der Waals surface area contributed by atoms with Crippen molar-refractivity contribution in [1.29, 1.82) is 0 Å². The maximum Gasteiger partial charge on any atom is 0.116 e. The molecule has 3 nitrogen and oxygen atoms in total. The number of hydrogen-bond acceptors (Lipinski definition) is 2. The van der Waals surface area contributed by atoms with E-state index in [9.17, 15) is 5.11 Å². The number of aromatic nitrogens is 1. The Kier molecular flexibility index (Phi) is 2.42. The Bertz CT molecular complexity index is 803. The molecule has 3 fully saturated rings. The molecule has 5 heterocycles. The second-order valence-electron chi connectivity index (χ2n) is 7.27. The minimum Gasteiger partial charge on any atom is -0.508 e. The molecule has 4 aliphatic rings. The first-order chi connectivity index (χ1) is 10.7. The van der Waals surface area contributed by atoms with Crippen LogP contribution in [0.15, 0.2) is 29.8 Å². The lowest BCUT2D eigenvalue weighted by molar-refractivity contribution is -0.0238. The van der Waals surface area contributed by atoms with Crippen molar-refractivity contribution in [2.45, 2.75) is 38.8 Å². The minimum atomic E-state index is 0.371. The zero-order valence-corrected chi connectivity index (χ0v) is 13.1. The maximum atomic E-state index is 9.85. The van der Waals surface area contributed by atoms with Crippen molar-refractivity contribution in [2.75, 3.05) is 6.54 Å². The van der Waals surface area contributed by atoms with Crippen LogP contribution in [0.25, 0.3) is 10.9 Å². The van der Waals surface area contributed by atoms with Gasteiger partial charge in [0.15, 0.2) is 0 Å². The van der Waals surface area contributed by atoms with Crippen LogP contribution in [0, 0.1) is 11.8 Å². The molecule has 0 saturated carbocycles. The predicted molar refractivity (Wildman–Crippen MR) is 87.9 cm³/mol. The van der Waals surface area contributed by atoms with E-state index in [0.29, 0.717) is 17.8 Å². The average molecular weight is 294 g/mol. The number of benzene rings is 1. The maximum absolute atomic E-state index is 9.85. The van der Waals surface area contributed by atoms with E-state index >= 15 is 0 Å². The number of H-pyrrole nitrogens is 1. The SMILES string of the molecule is C/C=C1/CN2[C@H]3C[C@@H]1[C@@H](C)[C@@H]2Cc1c3[nH]c2ccc(O)cc12. The van der Waals surface area contributed by atoms with E-state index in [-0.39, 0.29) is 0 Å². The molecule has 3 saturated heterocycles. The normalized spacial score (nSPS) is 37.7. The van der Waals surface area contributed by atoms with E-state index in [4.69, 9.17) is 0 Å². The number of nitrogens with one attached hydrogen (secondary N) is 1. The van der Waals surface area contributed by atoms with Gasteiger partial charge in [-0.1, -0.05) is 18.6 Å². The van der Waals surface area contributed by atoms with E-state index in [1.807, 2.05) is 12.1 Å². The van der Waals surface area contributed by atoms with Gasteiger partial charge in [0.05, 0.1) is 6.04 Å². The Morgan fingerprint density at radius 3 is 3.05 bits per heavy atom. The summed E-state index contributed by atoms with van der Waals surface area (Å²) in [6.07, 6.45) is 4.69. The monoisotopic (exact) mass is 294 g/mol. The number of phenolic OH excluding ortho intramolecular Hbond substituents is 1. The highest BCUT2D eigenvalue weighted by atomic mass is 16.3. The third-order valence-electron chi connectivity index (χ3n) is 6.43. The van der Waals surface area contributed by atoms with Gasteiger partial charge < -0.3 is 10.1 Å². The van der Waals surface area contributed by atoms with Gasteiger partial charge in [-0.15, -0.1) is 0 Å². The van der Waals surface area contributed by atoms with E-state index in [2.05, 4.69) is 29.8 Å². The van der Waals surface area contributed by atoms with Crippen LogP contribution in [0.3, 0.4) is 0 Å². The lowest BCUT2D eigenvalue weighted by atomic mass is 9.64. The molecule has 3 heteroatoms. The zero-order chi connectivity index (χ0) is 15.0. The molecular weight excluding hydrogens is 272 g/mol. The van der Waals surface area contributed by atoms with Crippen molar-refractivity contribution in [3.8, 4) is 5.75 Å². The van der Waals surface area contributed by atoms with Gasteiger partial charge in [-0.25, -0.2) is 0 Å². The van der Waals surface area contributed by atoms with Crippen molar-refractivity contribution in [1.82, 2.24) is 9.88 Å². The molecule has 4 aliphatic heterocycles. The van der Waals surface area contributed by atoms with E-state index < -0.39 is 0 Å². The van der Waals surface area contributed by atoms with Crippen molar-refractivity contribution < 1.29 is 5.11 Å². The van der Waals surface area contributed by atoms with Crippen molar-refractivity contribution in [3.05, 3.63) is 41.1 Å². The number of rotatable bonds is 0. The summed E-state index contributed by atoms with van der Waals surface area (Å²) in [6, 6.07) is 6.92. The van der Waals surface area contributed by atoms with Gasteiger partial charge >= 0.3 is 0 Å². The Morgan fingerprint density at radius 2 is 2.23 bits per heavy atom. The second kappa shape index (κ2) is 4.17. The highest BCUT2D eigenvalue weighted by Gasteiger charge is 2.51. The third-order valence-corrected chi connectivity index (χ3v) is 6.43. The van der Waals surface area contributed by atoms with Crippen LogP contribution in [-0.4, -0.2) is 27.6 Å². The number of aromatic amines is 1. The Labute approximate surface area is 130 Å². The fourth-order valence-electron chi connectivity index (χ4n) is 5.30. The molecule has 2 aromatic rings. The van der Waals surface area contributed by atoms with Gasteiger partial charge in [0.25, 0.3) is 0 Å². The standard InChI is InChI=1S/C19H22N2O/c1-3-11-9-21-17-8-15-14-6-12(22)4-5-16(14)20-19(15)18(21)7-13(11)10(17)2/h3-6,10,13,17-18,20,22H,7-9H2,1-2H3/b11-3-/t10-,13-,17+,18+/m1/s1. The molecule has 0 radical (unpaired) electrons. The van der Waals surface area contributed by atoms with E-state index in [0.717, 1.165) is 24.8 Å². The summed E-state index contributed by atoms with van der Waals surface area (Å²) in [4.78, 5) is 6.38. The van der Waals surface area contributed by atoms with Crippen molar-refractivity contribution in [2.24, 2.45) is 11.8 Å². The largest absolute Gasteiger partial charge is 0.508 e. The van der Waals surface area contributed by atoms with Gasteiger partial charge in [-0.3, -0.25) is 4.90 Å². The van der Waals surface area contributed by atoms with E-state index in [1.165, 1.54) is 28.6 Å². The second-order valence-corrected chi connectivity index (χ2v) is 7.27. The van der Waals surface area contributed by atoms with Crippen LogP contribution < -0.4 is 0 Å². The molecule has 4 bridgehead atoms. The Hall–Kier alpha value is -1.74. The molecular formula is C19H22N2O. The van der Waals surface area contributed by atoms with Crippen LogP contribution >= 0.6 is 0 Å². The number of fused-ring (bicyclic) bond motifs is 4. The van der Waals surface area contributed by atoms with Gasteiger partial charge in [0.1, 0.15) is 5.75 Å². The molecule has 1 aromatic carbocycles. The first kappa shape index (κ1) is 12.8. The summed E-state index contributed by atoms with van der Waals surface area (Å²) in [5, 5.41) is 11.1. The zero-order valence-electron chi connectivity index (χ0n) is 13.1. The molecule has 114 valence electrons. The molecule has 0 aliphatic carbocycles. The highest BCUT2D eigenvalue weighted by Crippen LogP contribution is 2.53. The first-order valence-corrected chi connectivity index (χ1v) is 8.41. The number of allylic oxidation sites excluding steroid dienone is 1. The number of phenols is 1. The van der Waals surface area contributed by atoms with Gasteiger partial charge in [0.2, 0.25) is 0 Å². The van der Waals surface area contributed by atoms with Crippen LogP contribution in [0.4, 0.5) is 0 Å². The molecule has 5 atom stereocenters. The van der Waals surface area contributed by atoms with Crippen LogP contribution in [-0.2, 0) is 6.42 Å². The fourth-order valence-corrected chi connectivity index (χ4v) is 5.30. The quantitative estimate of drug-likeness (QED) is 0.726. The summed E-state index contributed by atoms with van der Waals surface area (Å²) in [7, 11) is 0. The number of piperidine rings is 3. The average Bonchev–Trinajstić information content (AvgIpc) is 2.89. The summed E-state index contributed by atoms with van der Waals surface area (Å²) in [6.45, 7) is 5.76. The molecule has 6 rings (SSSR count). The highest BCUT2D eigenvalue weighted by molar-refractivity contribution is 5.86. The van der Waals surface area contributed by atoms with Crippen molar-refractivity contribution >= 4 is 10.9 Å². The third kappa shape index (κ3) is 1.45. The lowest BCUT2D eigenvalue weighted by Gasteiger charge is -2.58. The smallest absolute Gasteiger partial charge is 0.116 e. The van der Waals surface area contributed by atoms with Crippen LogP contribution in [0.5, 0.6) is 5.75 Å². The van der Waals surface area contributed by atoms with E-state index in [1.54, 1.807) is 11.6 Å². The summed E-state index contributed by atoms with van der Waals surface area (Å²) >= 11 is 0. The summed E-state index contributed by atoms with van der Waals surface area (Å²) < 4.78 is 0. The molecule has 2 N–H and O–H groups in total. The lowest BCUT2D eigenvalue weighted by Crippen LogP contribution is -2.59. The minimum absolute atomic E-state index is 0.371. The summed E-state index contributed by atoms with van der Waals surface area (Å²) in [5.74, 6) is 1.85. The Balaban J connectivity index is 1.70. The molecule has 0 spiro atoms. The molecule has 1 unspecified atom stereocenters. The molecule has 1 aromatic heterocycles. The fraction of sp³-hybridized carbons (Fsp3) is 0.474. The topological polar surface area (TPSA) is 39.3 Å². The molecule has 22 heavy (non-hydrogen) atoms. The van der Waals surface area contributed by atoms with Crippen molar-refractivity contribution in [3.63, 3.8) is 0 Å². The first-order valence-electron chi connectivity index (χ1n) is 8.41. The number of aromatic hydroxyl groups is 1. The Morgan fingerprint density at radius 1 is 1.36 bits per heavy atom. The van der Waals surface area contributed by atoms with Crippen LogP contribution in [0.2, 0.25) is 0 Å². The van der Waals surface area contributed by atoms with Gasteiger partial charge in [-0.05, 0) is 55.4 Å². The van der Waals surface area contributed by atoms with Crippen LogP contribution in [0.1, 0.15) is 37.6 Å².